The number of nitrogens with zero attached hydrogens (tertiary/aromatic N) is 1. The van der Waals surface area contributed by atoms with Crippen LogP contribution >= 0.6 is 0 Å². The molecule has 2 heteroatoms. The summed E-state index contributed by atoms with van der Waals surface area (Å²) in [4.78, 5) is 0. The van der Waals surface area contributed by atoms with Crippen LogP contribution in [0.4, 0.5) is 0 Å². The molecule has 0 aliphatic heterocycles. The molecule has 0 aromatic carbocycles. The summed E-state index contributed by atoms with van der Waals surface area (Å²) in [7, 11) is 0. The molecule has 0 bridgehead atoms. The summed E-state index contributed by atoms with van der Waals surface area (Å²) < 4.78 is 7.67. The molecule has 0 amide bonds. The standard InChI is InChI=1S/C8H16N.3C4H9.Sn/c1-4-5-6-9-7-8(2)3;3*1-3-4-2;/h5-6,8H,4,7H2,1-3H3;3*1,3-4H2,2H3;/q-1;;;;+1/b6-5+;;;;. The van der Waals surface area contributed by atoms with Gasteiger partial charge in [0.25, 0.3) is 0 Å². The first-order chi connectivity index (χ1) is 10.6. The van der Waals surface area contributed by atoms with Crippen molar-refractivity contribution >= 4 is 18.7 Å². The van der Waals surface area contributed by atoms with Crippen LogP contribution in [-0.2, 0) is 0 Å². The Balaban J connectivity index is 5.37. The van der Waals surface area contributed by atoms with Crippen molar-refractivity contribution in [3.8, 4) is 0 Å². The number of allylic oxidation sites excluding steroid dienone is 1. The third-order valence-electron chi connectivity index (χ3n) is 4.68. The van der Waals surface area contributed by atoms with Crippen LogP contribution in [0.2, 0.25) is 13.3 Å². The van der Waals surface area contributed by atoms with Crippen molar-refractivity contribution < 1.29 is 0 Å². The minimum atomic E-state index is -2.23. The Morgan fingerprint density at radius 2 is 1.27 bits per heavy atom. The first kappa shape index (κ1) is 22.3. The van der Waals surface area contributed by atoms with E-state index >= 15 is 0 Å². The van der Waals surface area contributed by atoms with Crippen LogP contribution in [0.5, 0.6) is 0 Å². The van der Waals surface area contributed by atoms with E-state index in [2.05, 4.69) is 56.9 Å². The number of unbranched alkanes of at least 4 members (excludes halogenated alkanes) is 3. The number of hydrogen-bond donors (Lipinski definition) is 0. The second kappa shape index (κ2) is 13.7. The zero-order valence-corrected chi connectivity index (χ0v) is 19.3. The van der Waals surface area contributed by atoms with Gasteiger partial charge in [-0.1, -0.05) is 0 Å². The summed E-state index contributed by atoms with van der Waals surface area (Å²) in [6, 6.07) is 0. The molecular formula is C20H43NSn. The van der Waals surface area contributed by atoms with E-state index in [4.69, 9.17) is 0 Å². The molecule has 1 nitrogen and oxygen atoms in total. The molecule has 0 atom stereocenters. The zero-order chi connectivity index (χ0) is 16.8. The first-order valence-electron chi connectivity index (χ1n) is 9.99. The Kier molecular flexibility index (Phi) is 14.0. The fourth-order valence-electron chi connectivity index (χ4n) is 3.36. The molecule has 0 saturated carbocycles. The molecule has 132 valence electrons. The van der Waals surface area contributed by atoms with Crippen molar-refractivity contribution in [3.63, 3.8) is 0 Å². The molecule has 0 N–H and O–H groups in total. The maximum absolute atomic E-state index is 2.95. The van der Waals surface area contributed by atoms with E-state index in [-0.39, 0.29) is 0 Å². The summed E-state index contributed by atoms with van der Waals surface area (Å²) in [6.07, 6.45) is 14.6. The first-order valence-corrected chi connectivity index (χ1v) is 17.3. The van der Waals surface area contributed by atoms with Crippen molar-refractivity contribution in [2.45, 2.75) is 99.8 Å². The third-order valence-corrected chi connectivity index (χ3v) is 20.1. The molecule has 0 aromatic rings. The Labute approximate surface area is 146 Å². The van der Waals surface area contributed by atoms with Gasteiger partial charge in [-0.05, 0) is 0 Å². The Morgan fingerprint density at radius 3 is 1.59 bits per heavy atom. The Bertz CT molecular complexity index is 251. The Hall–Kier alpha value is 0.339. The van der Waals surface area contributed by atoms with Crippen LogP contribution in [0.3, 0.4) is 0 Å². The predicted octanol–water partition coefficient (Wildman–Crippen LogP) is 7.21. The average molecular weight is 416 g/mol. The van der Waals surface area contributed by atoms with Gasteiger partial charge in [0.15, 0.2) is 0 Å². The summed E-state index contributed by atoms with van der Waals surface area (Å²) >= 11 is -2.23. The summed E-state index contributed by atoms with van der Waals surface area (Å²) in [5.41, 5.74) is 0. The third kappa shape index (κ3) is 8.84. The SMILES string of the molecule is CC/C=C/[N](CC(C)C)[Sn]([CH2]CCC)([CH2]CCC)[CH2]CCC. The van der Waals surface area contributed by atoms with E-state index in [1.54, 1.807) is 13.3 Å². The van der Waals surface area contributed by atoms with Gasteiger partial charge in [-0.2, -0.15) is 0 Å². The van der Waals surface area contributed by atoms with Gasteiger partial charge in [0, 0.05) is 0 Å². The van der Waals surface area contributed by atoms with Crippen molar-refractivity contribution in [2.75, 3.05) is 6.54 Å². The van der Waals surface area contributed by atoms with Crippen LogP contribution in [0, 0.1) is 5.92 Å². The van der Waals surface area contributed by atoms with E-state index < -0.39 is 18.7 Å². The normalized spacial score (nSPS) is 12.5. The molecule has 0 fully saturated rings. The van der Waals surface area contributed by atoms with Crippen LogP contribution in [0.25, 0.3) is 0 Å². The van der Waals surface area contributed by atoms with Gasteiger partial charge in [-0.15, -0.1) is 0 Å². The molecule has 0 radical (unpaired) electrons. The zero-order valence-electron chi connectivity index (χ0n) is 16.5. The van der Waals surface area contributed by atoms with E-state index in [1.165, 1.54) is 51.5 Å². The quantitative estimate of drug-likeness (QED) is 0.271. The van der Waals surface area contributed by atoms with Gasteiger partial charge in [-0.25, -0.2) is 0 Å². The van der Waals surface area contributed by atoms with Crippen LogP contribution in [0.1, 0.15) is 86.5 Å². The van der Waals surface area contributed by atoms with Gasteiger partial charge in [0.05, 0.1) is 0 Å². The summed E-state index contributed by atoms with van der Waals surface area (Å²) in [6.45, 7) is 15.4. The van der Waals surface area contributed by atoms with Crippen molar-refractivity contribution in [3.05, 3.63) is 12.3 Å². The molecule has 0 aliphatic rings. The van der Waals surface area contributed by atoms with E-state index in [0.29, 0.717) is 0 Å². The summed E-state index contributed by atoms with van der Waals surface area (Å²) in [5, 5.41) is 0. The second-order valence-corrected chi connectivity index (χ2v) is 20.3. The molecule has 0 spiro atoms. The predicted molar refractivity (Wildman–Crippen MR) is 106 cm³/mol. The van der Waals surface area contributed by atoms with Crippen LogP contribution in [-0.4, -0.2) is 28.3 Å². The number of rotatable bonds is 14. The molecule has 0 unspecified atom stereocenters. The molecule has 22 heavy (non-hydrogen) atoms. The second-order valence-electron chi connectivity index (χ2n) is 7.37. The Morgan fingerprint density at radius 1 is 0.818 bits per heavy atom. The fourth-order valence-corrected chi connectivity index (χ4v) is 20.0. The molecule has 0 aliphatic carbocycles. The van der Waals surface area contributed by atoms with Crippen LogP contribution < -0.4 is 0 Å². The van der Waals surface area contributed by atoms with Gasteiger partial charge in [0.1, 0.15) is 0 Å². The molecule has 0 heterocycles. The number of hydrogen-bond acceptors (Lipinski definition) is 1. The van der Waals surface area contributed by atoms with Gasteiger partial charge < -0.3 is 0 Å². The molecule has 0 saturated heterocycles. The molecule has 0 rings (SSSR count). The van der Waals surface area contributed by atoms with E-state index in [1.807, 2.05) is 0 Å². The molecular weight excluding hydrogens is 373 g/mol. The maximum atomic E-state index is 2.95. The van der Waals surface area contributed by atoms with Gasteiger partial charge >= 0.3 is 146 Å². The van der Waals surface area contributed by atoms with E-state index in [9.17, 15) is 0 Å². The van der Waals surface area contributed by atoms with E-state index in [0.717, 1.165) is 5.92 Å². The van der Waals surface area contributed by atoms with Crippen molar-refractivity contribution in [1.82, 2.24) is 3.12 Å². The van der Waals surface area contributed by atoms with Gasteiger partial charge in [-0.3, -0.25) is 0 Å². The molecule has 0 aromatic heterocycles. The monoisotopic (exact) mass is 417 g/mol. The topological polar surface area (TPSA) is 3.24 Å². The van der Waals surface area contributed by atoms with Crippen molar-refractivity contribution in [2.24, 2.45) is 5.92 Å². The summed E-state index contributed by atoms with van der Waals surface area (Å²) in [5.74, 6) is 0.780. The minimum absolute atomic E-state index is 0.780. The average Bonchev–Trinajstić information content (AvgIpc) is 2.51. The fraction of sp³-hybridized carbons (Fsp3) is 0.900. The van der Waals surface area contributed by atoms with Gasteiger partial charge in [0.2, 0.25) is 0 Å². The van der Waals surface area contributed by atoms with Crippen LogP contribution in [0.15, 0.2) is 12.3 Å². The van der Waals surface area contributed by atoms with Crippen molar-refractivity contribution in [1.29, 1.82) is 0 Å².